The quantitative estimate of drug-likeness (QED) is 0.455. The molecule has 0 aliphatic carbocycles. The molecule has 8 nitrogen and oxygen atoms in total. The molecule has 2 aromatic carbocycles. The number of nitrogens with one attached hydrogen (secondary N) is 2. The fourth-order valence-electron chi connectivity index (χ4n) is 5.60. The fourth-order valence-corrected chi connectivity index (χ4v) is 5.60. The zero-order chi connectivity index (χ0) is 26.6. The second-order valence-electron chi connectivity index (χ2n) is 10.7. The third-order valence-corrected chi connectivity index (χ3v) is 7.88. The number of carbonyl (C=O) groups is 2. The number of amides is 2. The number of H-pyrrole nitrogens is 1. The molecule has 2 amide bonds. The molecule has 3 heterocycles. The number of ether oxygens (including phenoxy) is 1. The largest absolute Gasteiger partial charge is 0.492 e. The van der Waals surface area contributed by atoms with Crippen molar-refractivity contribution in [3.8, 4) is 5.75 Å². The van der Waals surface area contributed by atoms with E-state index in [1.807, 2.05) is 29.2 Å². The van der Waals surface area contributed by atoms with Crippen LogP contribution in [0.4, 0.5) is 0 Å². The number of para-hydroxylation sites is 1. The molecule has 0 saturated carbocycles. The number of hydrogen-bond donors (Lipinski definition) is 2. The highest BCUT2D eigenvalue weighted by atomic mass is 16.5. The molecular formula is C30H39N5O3. The van der Waals surface area contributed by atoms with Crippen LogP contribution in [0.1, 0.15) is 40.0 Å². The standard InChI is InChI=1S/C30H39N5O3/c1-21-22(2)31-29-26(21)8-5-9-27(29)30(37)35-14-12-34(13-15-35)16-17-38-25-7-4-6-23(18-25)19-33(3)20-24-10-11-28(36)32-24/h4-9,18,24,31H,10-17,19-20H2,1-3H3,(H,32,36)/t24-/m1/s1. The third-order valence-electron chi connectivity index (χ3n) is 7.88. The van der Waals surface area contributed by atoms with Crippen LogP contribution in [-0.4, -0.2) is 90.5 Å². The number of rotatable bonds is 9. The summed E-state index contributed by atoms with van der Waals surface area (Å²) < 4.78 is 6.08. The second kappa shape index (κ2) is 11.6. The van der Waals surface area contributed by atoms with Crippen LogP contribution in [0.3, 0.4) is 0 Å². The van der Waals surface area contributed by atoms with Crippen LogP contribution in [0, 0.1) is 13.8 Å². The summed E-state index contributed by atoms with van der Waals surface area (Å²) in [6.07, 6.45) is 1.55. The molecule has 2 aliphatic rings. The van der Waals surface area contributed by atoms with Crippen LogP contribution >= 0.6 is 0 Å². The Balaban J connectivity index is 1.07. The van der Waals surface area contributed by atoms with Gasteiger partial charge in [0.1, 0.15) is 12.4 Å². The predicted molar refractivity (Wildman–Crippen MR) is 150 cm³/mol. The van der Waals surface area contributed by atoms with Crippen molar-refractivity contribution in [3.05, 3.63) is 64.8 Å². The highest BCUT2D eigenvalue weighted by Gasteiger charge is 2.24. The molecule has 202 valence electrons. The van der Waals surface area contributed by atoms with Crippen LogP contribution in [0.5, 0.6) is 5.75 Å². The van der Waals surface area contributed by atoms with Crippen LogP contribution < -0.4 is 10.1 Å². The average molecular weight is 518 g/mol. The summed E-state index contributed by atoms with van der Waals surface area (Å²) in [6.45, 7) is 10.4. The van der Waals surface area contributed by atoms with E-state index in [-0.39, 0.29) is 17.9 Å². The van der Waals surface area contributed by atoms with Gasteiger partial charge in [0, 0.05) is 69.4 Å². The fraction of sp³-hybridized carbons (Fsp3) is 0.467. The van der Waals surface area contributed by atoms with Gasteiger partial charge in [-0.05, 0) is 56.6 Å². The van der Waals surface area contributed by atoms with E-state index in [2.05, 4.69) is 59.2 Å². The number of piperazine rings is 1. The first-order valence-corrected chi connectivity index (χ1v) is 13.7. The first-order valence-electron chi connectivity index (χ1n) is 13.7. The number of aromatic nitrogens is 1. The van der Waals surface area contributed by atoms with Gasteiger partial charge >= 0.3 is 0 Å². The van der Waals surface area contributed by atoms with Crippen molar-refractivity contribution in [2.24, 2.45) is 0 Å². The lowest BCUT2D eigenvalue weighted by atomic mass is 10.1. The van der Waals surface area contributed by atoms with E-state index in [4.69, 9.17) is 4.74 Å². The third kappa shape index (κ3) is 6.03. The topological polar surface area (TPSA) is 80.9 Å². The number of likely N-dealkylation sites (N-methyl/N-ethyl adjacent to an activating group) is 1. The number of nitrogens with zero attached hydrogens (tertiary/aromatic N) is 3. The SMILES string of the molecule is Cc1[nH]c2c(C(=O)N3CCN(CCOc4cccc(CN(C)C[C@H]5CCC(=O)N5)c4)CC3)cccc2c1C. The highest BCUT2D eigenvalue weighted by Crippen LogP contribution is 2.25. The van der Waals surface area contributed by atoms with Gasteiger partial charge in [-0.2, -0.15) is 0 Å². The van der Waals surface area contributed by atoms with Crippen molar-refractivity contribution < 1.29 is 14.3 Å². The van der Waals surface area contributed by atoms with Gasteiger partial charge in [0.15, 0.2) is 0 Å². The molecule has 0 radical (unpaired) electrons. The number of fused-ring (bicyclic) bond motifs is 1. The number of carbonyl (C=O) groups excluding carboxylic acids is 2. The van der Waals surface area contributed by atoms with Gasteiger partial charge in [-0.25, -0.2) is 0 Å². The minimum absolute atomic E-state index is 0.102. The molecule has 1 aromatic heterocycles. The zero-order valence-electron chi connectivity index (χ0n) is 22.8. The van der Waals surface area contributed by atoms with Crippen molar-refractivity contribution >= 4 is 22.7 Å². The maximum absolute atomic E-state index is 13.3. The minimum atomic E-state index is 0.102. The highest BCUT2D eigenvalue weighted by molar-refractivity contribution is 6.06. The molecule has 2 aliphatic heterocycles. The number of aryl methyl sites for hydroxylation is 2. The Labute approximate surface area is 224 Å². The van der Waals surface area contributed by atoms with E-state index in [9.17, 15) is 9.59 Å². The molecule has 1 atom stereocenters. The molecular weight excluding hydrogens is 478 g/mol. The molecule has 0 bridgehead atoms. The normalized spacial score (nSPS) is 18.4. The van der Waals surface area contributed by atoms with Gasteiger partial charge in [0.2, 0.25) is 5.91 Å². The monoisotopic (exact) mass is 517 g/mol. The molecule has 2 fully saturated rings. The number of benzene rings is 2. The summed E-state index contributed by atoms with van der Waals surface area (Å²) in [5.41, 5.74) is 5.22. The summed E-state index contributed by atoms with van der Waals surface area (Å²) in [4.78, 5) is 34.7. The van der Waals surface area contributed by atoms with Gasteiger partial charge in [-0.3, -0.25) is 14.5 Å². The molecule has 0 spiro atoms. The molecule has 2 saturated heterocycles. The summed E-state index contributed by atoms with van der Waals surface area (Å²) in [5, 5.41) is 4.16. The van der Waals surface area contributed by atoms with E-state index < -0.39 is 0 Å². The lowest BCUT2D eigenvalue weighted by molar-refractivity contribution is -0.119. The Bertz CT molecular complexity index is 1290. The van der Waals surface area contributed by atoms with Crippen LogP contribution in [0.2, 0.25) is 0 Å². The van der Waals surface area contributed by atoms with Gasteiger partial charge < -0.3 is 24.8 Å². The van der Waals surface area contributed by atoms with Crippen molar-refractivity contribution in [2.75, 3.05) is 52.9 Å². The molecule has 2 N–H and O–H groups in total. The van der Waals surface area contributed by atoms with Gasteiger partial charge in [-0.1, -0.05) is 24.3 Å². The predicted octanol–water partition coefficient (Wildman–Crippen LogP) is 3.33. The van der Waals surface area contributed by atoms with E-state index in [0.29, 0.717) is 13.0 Å². The lowest BCUT2D eigenvalue weighted by Gasteiger charge is -2.34. The van der Waals surface area contributed by atoms with E-state index in [1.54, 1.807) is 0 Å². The second-order valence-corrected chi connectivity index (χ2v) is 10.7. The minimum Gasteiger partial charge on any atom is -0.492 e. The number of aromatic amines is 1. The maximum Gasteiger partial charge on any atom is 0.256 e. The summed E-state index contributed by atoms with van der Waals surface area (Å²) >= 11 is 0. The Hall–Kier alpha value is -3.36. The summed E-state index contributed by atoms with van der Waals surface area (Å²) in [5.74, 6) is 1.14. The van der Waals surface area contributed by atoms with Crippen molar-refractivity contribution in [3.63, 3.8) is 0 Å². The first-order chi connectivity index (χ1) is 18.4. The van der Waals surface area contributed by atoms with E-state index >= 15 is 0 Å². The first kappa shape index (κ1) is 26.3. The molecule has 5 rings (SSSR count). The molecule has 38 heavy (non-hydrogen) atoms. The van der Waals surface area contributed by atoms with E-state index in [1.165, 1.54) is 11.1 Å². The zero-order valence-corrected chi connectivity index (χ0v) is 22.8. The summed E-state index contributed by atoms with van der Waals surface area (Å²) in [6, 6.07) is 14.5. The number of hydrogen-bond acceptors (Lipinski definition) is 5. The average Bonchev–Trinajstić information content (AvgIpc) is 3.45. The Morgan fingerprint density at radius 2 is 1.89 bits per heavy atom. The Morgan fingerprint density at radius 1 is 1.11 bits per heavy atom. The van der Waals surface area contributed by atoms with Gasteiger partial charge in [0.05, 0.1) is 11.1 Å². The lowest BCUT2D eigenvalue weighted by Crippen LogP contribution is -2.49. The van der Waals surface area contributed by atoms with Crippen molar-refractivity contribution in [2.45, 2.75) is 39.3 Å². The van der Waals surface area contributed by atoms with Gasteiger partial charge in [0.25, 0.3) is 5.91 Å². The smallest absolute Gasteiger partial charge is 0.256 e. The maximum atomic E-state index is 13.3. The van der Waals surface area contributed by atoms with Crippen molar-refractivity contribution in [1.29, 1.82) is 0 Å². The Morgan fingerprint density at radius 3 is 2.66 bits per heavy atom. The Kier molecular flexibility index (Phi) is 8.00. The molecule has 0 unspecified atom stereocenters. The summed E-state index contributed by atoms with van der Waals surface area (Å²) in [7, 11) is 2.09. The van der Waals surface area contributed by atoms with Crippen LogP contribution in [0.25, 0.3) is 10.9 Å². The van der Waals surface area contributed by atoms with Crippen LogP contribution in [0.15, 0.2) is 42.5 Å². The van der Waals surface area contributed by atoms with Gasteiger partial charge in [-0.15, -0.1) is 0 Å². The van der Waals surface area contributed by atoms with Crippen LogP contribution in [-0.2, 0) is 11.3 Å². The van der Waals surface area contributed by atoms with Crippen molar-refractivity contribution in [1.82, 2.24) is 25.0 Å². The molecule has 8 heteroatoms. The van der Waals surface area contributed by atoms with E-state index in [0.717, 1.165) is 80.1 Å². The molecule has 3 aromatic rings.